The van der Waals surface area contributed by atoms with Crippen LogP contribution in [0.4, 0.5) is 10.1 Å². The van der Waals surface area contributed by atoms with Crippen LogP contribution >= 0.6 is 12.2 Å². The average Bonchev–Trinajstić information content (AvgIpc) is 2.82. The maximum Gasteiger partial charge on any atom is 0.171 e. The fourth-order valence-electron chi connectivity index (χ4n) is 1.31. The van der Waals surface area contributed by atoms with Crippen LogP contribution in [0.1, 0.15) is 5.76 Å². The van der Waals surface area contributed by atoms with E-state index >= 15 is 0 Å². The molecule has 0 saturated heterocycles. The summed E-state index contributed by atoms with van der Waals surface area (Å²) < 4.78 is 18.4. The van der Waals surface area contributed by atoms with Gasteiger partial charge in [0, 0.05) is 0 Å². The molecule has 0 aliphatic heterocycles. The van der Waals surface area contributed by atoms with Crippen molar-refractivity contribution in [3.63, 3.8) is 0 Å². The number of rotatable bonds is 3. The second kappa shape index (κ2) is 5.45. The first-order valence-electron chi connectivity index (χ1n) is 5.07. The van der Waals surface area contributed by atoms with Gasteiger partial charge >= 0.3 is 0 Å². The molecule has 0 aliphatic rings. The SMILES string of the molecule is Fc1ccccc1NC(=S)NCc1ccco1. The minimum absolute atomic E-state index is 0.338. The lowest BCUT2D eigenvalue weighted by molar-refractivity contribution is 0.503. The van der Waals surface area contributed by atoms with Crippen LogP contribution in [0.5, 0.6) is 0 Å². The Morgan fingerprint density at radius 3 is 2.76 bits per heavy atom. The first-order valence-corrected chi connectivity index (χ1v) is 5.48. The molecule has 0 bridgehead atoms. The number of furan rings is 1. The Hall–Kier alpha value is -1.88. The lowest BCUT2D eigenvalue weighted by atomic mass is 10.3. The highest BCUT2D eigenvalue weighted by Gasteiger charge is 2.03. The Morgan fingerprint density at radius 1 is 1.24 bits per heavy atom. The molecule has 0 aliphatic carbocycles. The molecule has 2 N–H and O–H groups in total. The number of para-hydroxylation sites is 1. The lowest BCUT2D eigenvalue weighted by Crippen LogP contribution is -2.28. The molecule has 1 heterocycles. The lowest BCUT2D eigenvalue weighted by Gasteiger charge is -2.09. The van der Waals surface area contributed by atoms with Crippen LogP contribution in [0, 0.1) is 5.82 Å². The third kappa shape index (κ3) is 3.29. The molecule has 1 aromatic heterocycles. The number of nitrogens with one attached hydrogen (secondary N) is 2. The summed E-state index contributed by atoms with van der Waals surface area (Å²) in [6.07, 6.45) is 1.59. The van der Waals surface area contributed by atoms with Gasteiger partial charge in [0.15, 0.2) is 5.11 Å². The molecule has 2 aromatic rings. The molecule has 0 saturated carbocycles. The third-order valence-corrected chi connectivity index (χ3v) is 2.37. The van der Waals surface area contributed by atoms with Crippen molar-refractivity contribution >= 4 is 23.0 Å². The van der Waals surface area contributed by atoms with Crippen LogP contribution in [-0.2, 0) is 6.54 Å². The van der Waals surface area contributed by atoms with Gasteiger partial charge in [-0.3, -0.25) is 0 Å². The van der Waals surface area contributed by atoms with Crippen LogP contribution in [0.2, 0.25) is 0 Å². The number of anilines is 1. The molecule has 88 valence electrons. The highest BCUT2D eigenvalue weighted by Crippen LogP contribution is 2.12. The fourth-order valence-corrected chi connectivity index (χ4v) is 1.49. The van der Waals surface area contributed by atoms with Gasteiger partial charge < -0.3 is 15.1 Å². The number of thiocarbonyl (C=S) groups is 1. The number of benzene rings is 1. The van der Waals surface area contributed by atoms with Gasteiger partial charge in [0.2, 0.25) is 0 Å². The summed E-state index contributed by atoms with van der Waals surface area (Å²) in [7, 11) is 0. The van der Waals surface area contributed by atoms with Gasteiger partial charge in [-0.2, -0.15) is 0 Å². The minimum atomic E-state index is -0.338. The normalized spacial score (nSPS) is 9.94. The van der Waals surface area contributed by atoms with E-state index in [4.69, 9.17) is 16.6 Å². The number of hydrogen-bond acceptors (Lipinski definition) is 2. The van der Waals surface area contributed by atoms with Crippen molar-refractivity contribution in [2.75, 3.05) is 5.32 Å². The first kappa shape index (κ1) is 11.6. The van der Waals surface area contributed by atoms with Crippen molar-refractivity contribution < 1.29 is 8.81 Å². The smallest absolute Gasteiger partial charge is 0.171 e. The molecule has 2 rings (SSSR count). The summed E-state index contributed by atoms with van der Waals surface area (Å²) in [5.41, 5.74) is 0.351. The minimum Gasteiger partial charge on any atom is -0.467 e. The van der Waals surface area contributed by atoms with Crippen molar-refractivity contribution in [2.45, 2.75) is 6.54 Å². The predicted octanol–water partition coefficient (Wildman–Crippen LogP) is 2.91. The zero-order valence-electron chi connectivity index (χ0n) is 8.94. The van der Waals surface area contributed by atoms with Crippen molar-refractivity contribution in [3.05, 3.63) is 54.2 Å². The van der Waals surface area contributed by atoms with Crippen LogP contribution in [0.25, 0.3) is 0 Å². The molecule has 0 atom stereocenters. The second-order valence-corrected chi connectivity index (χ2v) is 3.78. The van der Waals surface area contributed by atoms with E-state index in [1.807, 2.05) is 6.07 Å². The van der Waals surface area contributed by atoms with E-state index in [0.717, 1.165) is 5.76 Å². The average molecular weight is 250 g/mol. The molecule has 0 spiro atoms. The highest BCUT2D eigenvalue weighted by atomic mass is 32.1. The predicted molar refractivity (Wildman–Crippen MR) is 68.2 cm³/mol. The summed E-state index contributed by atoms with van der Waals surface area (Å²) >= 11 is 5.04. The first-order chi connectivity index (χ1) is 8.25. The Labute approximate surface area is 104 Å². The molecule has 0 fully saturated rings. The fraction of sp³-hybridized carbons (Fsp3) is 0.0833. The maximum atomic E-state index is 13.3. The van der Waals surface area contributed by atoms with E-state index in [-0.39, 0.29) is 5.82 Å². The van der Waals surface area contributed by atoms with Gasteiger partial charge in [-0.05, 0) is 36.5 Å². The van der Waals surface area contributed by atoms with E-state index in [2.05, 4.69) is 10.6 Å². The van der Waals surface area contributed by atoms with Crippen LogP contribution in [0.3, 0.4) is 0 Å². The summed E-state index contributed by atoms with van der Waals surface area (Å²) in [5.74, 6) is 0.428. The van der Waals surface area contributed by atoms with Gasteiger partial charge in [-0.15, -0.1) is 0 Å². The summed E-state index contributed by atoms with van der Waals surface area (Å²) in [6.45, 7) is 0.466. The zero-order valence-corrected chi connectivity index (χ0v) is 9.76. The maximum absolute atomic E-state index is 13.3. The van der Waals surface area contributed by atoms with E-state index in [0.29, 0.717) is 17.3 Å². The molecule has 0 amide bonds. The monoisotopic (exact) mass is 250 g/mol. The van der Waals surface area contributed by atoms with Crippen LogP contribution in [-0.4, -0.2) is 5.11 Å². The van der Waals surface area contributed by atoms with Gasteiger partial charge in [-0.1, -0.05) is 12.1 Å². The summed E-state index contributed by atoms with van der Waals surface area (Å²) in [6, 6.07) is 9.98. The Morgan fingerprint density at radius 2 is 2.06 bits per heavy atom. The number of hydrogen-bond donors (Lipinski definition) is 2. The summed E-state index contributed by atoms with van der Waals surface area (Å²) in [5, 5.41) is 6.05. The van der Waals surface area contributed by atoms with Gasteiger partial charge in [-0.25, -0.2) is 4.39 Å². The molecular weight excluding hydrogens is 239 g/mol. The van der Waals surface area contributed by atoms with Crippen molar-refractivity contribution in [2.24, 2.45) is 0 Å². The van der Waals surface area contributed by atoms with Gasteiger partial charge in [0.25, 0.3) is 0 Å². The zero-order chi connectivity index (χ0) is 12.1. The molecular formula is C12H11FN2OS. The topological polar surface area (TPSA) is 37.2 Å². The molecule has 0 radical (unpaired) electrons. The van der Waals surface area contributed by atoms with Crippen molar-refractivity contribution in [1.82, 2.24) is 5.32 Å². The van der Waals surface area contributed by atoms with Crippen molar-refractivity contribution in [3.8, 4) is 0 Å². The standard InChI is InChI=1S/C12H11FN2OS/c13-10-5-1-2-6-11(10)15-12(17)14-8-9-4-3-7-16-9/h1-7H,8H2,(H2,14,15,17). The highest BCUT2D eigenvalue weighted by molar-refractivity contribution is 7.80. The van der Waals surface area contributed by atoms with E-state index in [9.17, 15) is 4.39 Å². The largest absolute Gasteiger partial charge is 0.467 e. The van der Waals surface area contributed by atoms with Crippen molar-refractivity contribution in [1.29, 1.82) is 0 Å². The quantitative estimate of drug-likeness (QED) is 0.821. The van der Waals surface area contributed by atoms with Gasteiger partial charge in [0.1, 0.15) is 11.6 Å². The van der Waals surface area contributed by atoms with Gasteiger partial charge in [0.05, 0.1) is 18.5 Å². The third-order valence-electron chi connectivity index (χ3n) is 2.13. The summed E-state index contributed by atoms with van der Waals surface area (Å²) in [4.78, 5) is 0. The Balaban J connectivity index is 1.87. The van der Waals surface area contributed by atoms with Crippen LogP contribution in [0.15, 0.2) is 47.1 Å². The van der Waals surface area contributed by atoms with E-state index in [1.54, 1.807) is 30.5 Å². The Bertz CT molecular complexity index is 499. The van der Waals surface area contributed by atoms with E-state index < -0.39 is 0 Å². The molecule has 1 aromatic carbocycles. The van der Waals surface area contributed by atoms with Crippen LogP contribution < -0.4 is 10.6 Å². The molecule has 0 unspecified atom stereocenters. The number of halogens is 1. The van der Waals surface area contributed by atoms with E-state index in [1.165, 1.54) is 6.07 Å². The molecule has 17 heavy (non-hydrogen) atoms. The molecule has 5 heteroatoms. The second-order valence-electron chi connectivity index (χ2n) is 3.37. The Kier molecular flexibility index (Phi) is 3.72. The molecule has 3 nitrogen and oxygen atoms in total.